The molecule has 0 saturated carbocycles. The maximum atomic E-state index is 12.5. The predicted octanol–water partition coefficient (Wildman–Crippen LogP) is 2.43. The van der Waals surface area contributed by atoms with Gasteiger partial charge in [-0.3, -0.25) is 14.5 Å². The van der Waals surface area contributed by atoms with E-state index in [1.54, 1.807) is 49.9 Å². The molecule has 1 saturated heterocycles. The highest BCUT2D eigenvalue weighted by atomic mass is 16.6. The number of hydrogen-bond acceptors (Lipinski definition) is 6. The number of esters is 1. The highest BCUT2D eigenvalue weighted by Gasteiger charge is 2.23. The van der Waals surface area contributed by atoms with Crippen molar-refractivity contribution in [2.75, 3.05) is 36.9 Å². The highest BCUT2D eigenvalue weighted by Crippen LogP contribution is 2.19. The van der Waals surface area contributed by atoms with Crippen LogP contribution >= 0.6 is 0 Å². The molecule has 2 amide bonds. The topological polar surface area (TPSA) is 105 Å². The van der Waals surface area contributed by atoms with Gasteiger partial charge in [0.25, 0.3) is 0 Å². The minimum absolute atomic E-state index is 0.0743. The van der Waals surface area contributed by atoms with E-state index in [0.717, 1.165) is 17.8 Å². The molecule has 0 aliphatic carbocycles. The van der Waals surface area contributed by atoms with E-state index in [1.807, 2.05) is 36.2 Å². The van der Waals surface area contributed by atoms with Crippen LogP contribution in [0.4, 0.5) is 11.4 Å². The Balaban J connectivity index is 1.54. The van der Waals surface area contributed by atoms with Crippen LogP contribution in [0, 0.1) is 0 Å². The molecule has 0 spiro atoms. The number of benzene rings is 2. The summed E-state index contributed by atoms with van der Waals surface area (Å²) in [6.45, 7) is 7.31. The van der Waals surface area contributed by atoms with Crippen molar-refractivity contribution in [3.05, 3.63) is 59.7 Å². The number of nitrogens with two attached hydrogens (primary N) is 1. The fraction of sp³-hybridized carbons (Fsp3) is 0.400. The van der Waals surface area contributed by atoms with E-state index < -0.39 is 17.6 Å². The molecule has 8 nitrogen and oxygen atoms in total. The number of amides is 2. The lowest BCUT2D eigenvalue weighted by atomic mass is 10.0. The normalized spacial score (nSPS) is 15.8. The molecular weight excluding hydrogens is 420 g/mol. The lowest BCUT2D eigenvalue weighted by molar-refractivity contribution is -0.121. The SMILES string of the molecule is CN1CCN(c2ccc(C[C@H](N)C(=O)Nc3ccc(C(=O)OC(C)(C)C)cc3)cc2)C(=O)C1. The number of nitrogens with one attached hydrogen (secondary N) is 1. The third-order valence-corrected chi connectivity index (χ3v) is 5.24. The summed E-state index contributed by atoms with van der Waals surface area (Å²) in [5.74, 6) is -0.664. The summed E-state index contributed by atoms with van der Waals surface area (Å²) in [4.78, 5) is 40.6. The quantitative estimate of drug-likeness (QED) is 0.653. The second-order valence-electron chi connectivity index (χ2n) is 9.33. The minimum atomic E-state index is -0.744. The van der Waals surface area contributed by atoms with Crippen LogP contribution in [0.25, 0.3) is 0 Å². The second-order valence-corrected chi connectivity index (χ2v) is 9.33. The smallest absolute Gasteiger partial charge is 0.338 e. The molecule has 0 radical (unpaired) electrons. The number of carbonyl (C=O) groups is 3. The summed E-state index contributed by atoms with van der Waals surface area (Å²) >= 11 is 0. The Morgan fingerprint density at radius 2 is 1.70 bits per heavy atom. The molecule has 176 valence electrons. The molecule has 1 heterocycles. The maximum absolute atomic E-state index is 12.5. The van der Waals surface area contributed by atoms with Crippen LogP contribution in [0.1, 0.15) is 36.7 Å². The number of hydrogen-bond donors (Lipinski definition) is 2. The zero-order valence-corrected chi connectivity index (χ0v) is 19.6. The summed E-state index contributed by atoms with van der Waals surface area (Å²) in [5.41, 5.74) is 8.24. The van der Waals surface area contributed by atoms with Gasteiger partial charge >= 0.3 is 5.97 Å². The lowest BCUT2D eigenvalue weighted by Gasteiger charge is -2.32. The molecule has 0 unspecified atom stereocenters. The van der Waals surface area contributed by atoms with Crippen LogP contribution in [0.5, 0.6) is 0 Å². The van der Waals surface area contributed by atoms with Crippen LogP contribution < -0.4 is 16.0 Å². The Hall–Kier alpha value is -3.23. The number of likely N-dealkylation sites (N-methyl/N-ethyl adjacent to an activating group) is 1. The molecule has 1 aliphatic rings. The van der Waals surface area contributed by atoms with Gasteiger partial charge in [0.05, 0.1) is 18.2 Å². The third kappa shape index (κ3) is 6.87. The van der Waals surface area contributed by atoms with Gasteiger partial charge in [0.15, 0.2) is 0 Å². The molecule has 2 aromatic carbocycles. The first-order chi connectivity index (χ1) is 15.5. The van der Waals surface area contributed by atoms with Gasteiger partial charge < -0.3 is 20.7 Å². The molecule has 1 atom stereocenters. The Morgan fingerprint density at radius 1 is 1.06 bits per heavy atom. The second kappa shape index (κ2) is 10.1. The molecule has 2 aromatic rings. The van der Waals surface area contributed by atoms with Crippen molar-refractivity contribution in [3.8, 4) is 0 Å². The van der Waals surface area contributed by atoms with Gasteiger partial charge in [-0.05, 0) is 76.2 Å². The molecule has 8 heteroatoms. The molecule has 3 rings (SSSR count). The van der Waals surface area contributed by atoms with Gasteiger partial charge in [0, 0.05) is 24.5 Å². The zero-order valence-electron chi connectivity index (χ0n) is 19.6. The predicted molar refractivity (Wildman–Crippen MR) is 128 cm³/mol. The molecule has 1 aliphatic heterocycles. The number of anilines is 2. The van der Waals surface area contributed by atoms with Crippen molar-refractivity contribution >= 4 is 29.2 Å². The fourth-order valence-corrected chi connectivity index (χ4v) is 3.48. The first kappa shape index (κ1) is 24.4. The third-order valence-electron chi connectivity index (χ3n) is 5.24. The van der Waals surface area contributed by atoms with Gasteiger partial charge in [-0.1, -0.05) is 12.1 Å². The summed E-state index contributed by atoms with van der Waals surface area (Å²) in [6.07, 6.45) is 0.360. The Bertz CT molecular complexity index is 997. The first-order valence-corrected chi connectivity index (χ1v) is 11.0. The number of carbonyl (C=O) groups excluding carboxylic acids is 3. The Kier molecular flexibility index (Phi) is 7.50. The highest BCUT2D eigenvalue weighted by molar-refractivity contribution is 5.96. The van der Waals surface area contributed by atoms with Gasteiger partial charge in [0.1, 0.15) is 5.60 Å². The molecule has 0 aromatic heterocycles. The standard InChI is InChI=1S/C25H32N4O4/c1-25(2,3)33-24(32)18-7-9-19(10-8-18)27-23(31)21(26)15-17-5-11-20(12-6-17)29-14-13-28(4)16-22(29)30/h5-12,21H,13-16,26H2,1-4H3,(H,27,31)/t21-/m0/s1. The first-order valence-electron chi connectivity index (χ1n) is 11.0. The van der Waals surface area contributed by atoms with E-state index >= 15 is 0 Å². The van der Waals surface area contributed by atoms with Gasteiger partial charge in [-0.25, -0.2) is 4.79 Å². The largest absolute Gasteiger partial charge is 0.456 e. The van der Waals surface area contributed by atoms with Gasteiger partial charge in [-0.15, -0.1) is 0 Å². The van der Waals surface area contributed by atoms with Crippen molar-refractivity contribution < 1.29 is 19.1 Å². The minimum Gasteiger partial charge on any atom is -0.456 e. The van der Waals surface area contributed by atoms with E-state index in [2.05, 4.69) is 5.32 Å². The Labute approximate surface area is 194 Å². The number of ether oxygens (including phenoxy) is 1. The molecule has 3 N–H and O–H groups in total. The van der Waals surface area contributed by atoms with Crippen molar-refractivity contribution in [1.82, 2.24) is 4.90 Å². The van der Waals surface area contributed by atoms with Gasteiger partial charge in [0.2, 0.25) is 11.8 Å². The van der Waals surface area contributed by atoms with E-state index in [0.29, 0.717) is 30.8 Å². The fourth-order valence-electron chi connectivity index (χ4n) is 3.48. The molecule has 33 heavy (non-hydrogen) atoms. The zero-order chi connectivity index (χ0) is 24.2. The van der Waals surface area contributed by atoms with Crippen LogP contribution in [0.3, 0.4) is 0 Å². The van der Waals surface area contributed by atoms with Crippen molar-refractivity contribution in [2.45, 2.75) is 38.8 Å². The summed E-state index contributed by atoms with van der Waals surface area (Å²) in [7, 11) is 1.93. The van der Waals surface area contributed by atoms with Crippen LogP contribution in [0.15, 0.2) is 48.5 Å². The average Bonchev–Trinajstić information content (AvgIpc) is 2.74. The van der Waals surface area contributed by atoms with Crippen molar-refractivity contribution in [1.29, 1.82) is 0 Å². The number of rotatable bonds is 6. The summed E-state index contributed by atoms with van der Waals surface area (Å²) in [5, 5.41) is 2.78. The molecule has 1 fully saturated rings. The van der Waals surface area contributed by atoms with Crippen LogP contribution in [0.2, 0.25) is 0 Å². The van der Waals surface area contributed by atoms with E-state index in [1.165, 1.54) is 0 Å². The van der Waals surface area contributed by atoms with Crippen molar-refractivity contribution in [3.63, 3.8) is 0 Å². The lowest BCUT2D eigenvalue weighted by Crippen LogP contribution is -2.48. The van der Waals surface area contributed by atoms with E-state index in [9.17, 15) is 14.4 Å². The molecule has 0 bridgehead atoms. The summed E-state index contributed by atoms with van der Waals surface area (Å²) < 4.78 is 5.34. The monoisotopic (exact) mass is 452 g/mol. The number of piperazine rings is 1. The van der Waals surface area contributed by atoms with E-state index in [-0.39, 0.29) is 11.8 Å². The molecular formula is C25H32N4O4. The summed E-state index contributed by atoms with van der Waals surface area (Å²) in [6, 6.07) is 13.3. The average molecular weight is 453 g/mol. The van der Waals surface area contributed by atoms with Crippen molar-refractivity contribution in [2.24, 2.45) is 5.73 Å². The van der Waals surface area contributed by atoms with Crippen LogP contribution in [-0.2, 0) is 20.7 Å². The van der Waals surface area contributed by atoms with Gasteiger partial charge in [-0.2, -0.15) is 0 Å². The number of nitrogens with zero attached hydrogens (tertiary/aromatic N) is 2. The van der Waals surface area contributed by atoms with Crippen LogP contribution in [-0.4, -0.2) is 61.0 Å². The Morgan fingerprint density at radius 3 is 2.27 bits per heavy atom. The maximum Gasteiger partial charge on any atom is 0.338 e. The van der Waals surface area contributed by atoms with E-state index in [4.69, 9.17) is 10.5 Å².